The standard InChI is InChI=1S/C11H17NOS/c1-2-3-4-5-6-11-10(12)7-9(8-13)14-11/h5-7,13H,2-4,8,12H2,1H3/b6-5+. The van der Waals surface area contributed by atoms with Gasteiger partial charge in [-0.25, -0.2) is 0 Å². The van der Waals surface area contributed by atoms with Gasteiger partial charge >= 0.3 is 0 Å². The number of nitrogens with two attached hydrogens (primary N) is 1. The van der Waals surface area contributed by atoms with Crippen LogP contribution < -0.4 is 5.73 Å². The Kier molecular flexibility index (Phi) is 4.70. The van der Waals surface area contributed by atoms with Gasteiger partial charge in [0.05, 0.1) is 17.2 Å². The Bertz CT molecular complexity index is 304. The number of aliphatic hydroxyl groups excluding tert-OH is 1. The third kappa shape index (κ3) is 3.16. The molecule has 1 aromatic rings. The zero-order chi connectivity index (χ0) is 10.4. The van der Waals surface area contributed by atoms with Crippen LogP contribution in [0.1, 0.15) is 35.9 Å². The monoisotopic (exact) mass is 211 g/mol. The van der Waals surface area contributed by atoms with Gasteiger partial charge < -0.3 is 10.8 Å². The van der Waals surface area contributed by atoms with E-state index < -0.39 is 0 Å². The van der Waals surface area contributed by atoms with Crippen LogP contribution in [0.5, 0.6) is 0 Å². The highest BCUT2D eigenvalue weighted by Gasteiger charge is 2.01. The molecular weight excluding hydrogens is 194 g/mol. The highest BCUT2D eigenvalue weighted by molar-refractivity contribution is 7.13. The number of anilines is 1. The molecule has 2 nitrogen and oxygen atoms in total. The smallest absolute Gasteiger partial charge is 0.0775 e. The second-order valence-electron chi connectivity index (χ2n) is 3.24. The van der Waals surface area contributed by atoms with Crippen molar-refractivity contribution in [3.8, 4) is 0 Å². The molecule has 3 N–H and O–H groups in total. The van der Waals surface area contributed by atoms with Gasteiger partial charge in [-0.2, -0.15) is 0 Å². The zero-order valence-corrected chi connectivity index (χ0v) is 9.31. The number of rotatable bonds is 5. The Hall–Kier alpha value is -0.800. The maximum absolute atomic E-state index is 8.92. The van der Waals surface area contributed by atoms with Crippen LogP contribution in [-0.4, -0.2) is 5.11 Å². The minimum atomic E-state index is 0.0810. The van der Waals surface area contributed by atoms with Gasteiger partial charge in [0.25, 0.3) is 0 Å². The van der Waals surface area contributed by atoms with E-state index in [1.807, 2.05) is 6.07 Å². The van der Waals surface area contributed by atoms with Crippen LogP contribution in [0.25, 0.3) is 6.08 Å². The topological polar surface area (TPSA) is 46.2 Å². The summed E-state index contributed by atoms with van der Waals surface area (Å²) in [6, 6.07) is 1.84. The Morgan fingerprint density at radius 2 is 2.36 bits per heavy atom. The van der Waals surface area contributed by atoms with Crippen molar-refractivity contribution in [2.24, 2.45) is 0 Å². The molecule has 0 saturated carbocycles. The number of thiophene rings is 1. The molecule has 1 rings (SSSR count). The molecule has 14 heavy (non-hydrogen) atoms. The molecule has 1 aromatic heterocycles. The van der Waals surface area contributed by atoms with E-state index >= 15 is 0 Å². The number of hydrogen-bond donors (Lipinski definition) is 2. The highest BCUT2D eigenvalue weighted by atomic mass is 32.1. The molecule has 0 spiro atoms. The molecule has 0 radical (unpaired) electrons. The fourth-order valence-corrected chi connectivity index (χ4v) is 2.07. The molecule has 0 amide bonds. The summed E-state index contributed by atoms with van der Waals surface area (Å²) in [5, 5.41) is 8.92. The second kappa shape index (κ2) is 5.83. The Morgan fingerprint density at radius 3 is 2.93 bits per heavy atom. The first kappa shape index (κ1) is 11.3. The Morgan fingerprint density at radius 1 is 1.57 bits per heavy atom. The second-order valence-corrected chi connectivity index (χ2v) is 4.40. The average molecular weight is 211 g/mol. The van der Waals surface area contributed by atoms with Crippen LogP contribution in [0.15, 0.2) is 12.1 Å². The summed E-state index contributed by atoms with van der Waals surface area (Å²) in [6.45, 7) is 2.26. The molecule has 0 aliphatic heterocycles. The third-order valence-corrected chi connectivity index (χ3v) is 3.09. The molecule has 0 atom stereocenters. The van der Waals surface area contributed by atoms with Crippen molar-refractivity contribution in [2.45, 2.75) is 32.8 Å². The Labute approximate surface area is 89.1 Å². The normalized spacial score (nSPS) is 11.3. The van der Waals surface area contributed by atoms with Gasteiger partial charge in [-0.3, -0.25) is 0 Å². The first-order valence-corrected chi connectivity index (χ1v) is 5.75. The van der Waals surface area contributed by atoms with Gasteiger partial charge in [0, 0.05) is 4.88 Å². The van der Waals surface area contributed by atoms with E-state index in [0.29, 0.717) is 0 Å². The van der Waals surface area contributed by atoms with Gasteiger partial charge in [-0.05, 0) is 18.6 Å². The number of hydrogen-bond acceptors (Lipinski definition) is 3. The fourth-order valence-electron chi connectivity index (χ4n) is 1.19. The van der Waals surface area contributed by atoms with Crippen molar-refractivity contribution < 1.29 is 5.11 Å². The number of nitrogen functional groups attached to an aromatic ring is 1. The van der Waals surface area contributed by atoms with Crippen molar-refractivity contribution in [2.75, 3.05) is 5.73 Å². The highest BCUT2D eigenvalue weighted by Crippen LogP contribution is 2.26. The van der Waals surface area contributed by atoms with E-state index in [1.165, 1.54) is 12.8 Å². The van der Waals surface area contributed by atoms with Crippen molar-refractivity contribution in [1.29, 1.82) is 0 Å². The van der Waals surface area contributed by atoms with Crippen molar-refractivity contribution in [1.82, 2.24) is 0 Å². The van der Waals surface area contributed by atoms with E-state index in [9.17, 15) is 0 Å². The lowest BCUT2D eigenvalue weighted by Gasteiger charge is -1.90. The van der Waals surface area contributed by atoms with E-state index in [1.54, 1.807) is 11.3 Å². The van der Waals surface area contributed by atoms with Gasteiger partial charge in [-0.15, -0.1) is 11.3 Å². The number of unbranched alkanes of at least 4 members (excludes halogenated alkanes) is 2. The molecule has 0 fully saturated rings. The summed E-state index contributed by atoms with van der Waals surface area (Å²) in [4.78, 5) is 1.99. The third-order valence-electron chi connectivity index (χ3n) is 1.99. The summed E-state index contributed by atoms with van der Waals surface area (Å²) >= 11 is 1.56. The minimum absolute atomic E-state index is 0.0810. The molecule has 1 heterocycles. The predicted octanol–water partition coefficient (Wildman–Crippen LogP) is 3.03. The van der Waals surface area contributed by atoms with Crippen LogP contribution in [0, 0.1) is 0 Å². The van der Waals surface area contributed by atoms with Gasteiger partial charge in [0.2, 0.25) is 0 Å². The van der Waals surface area contributed by atoms with Crippen LogP contribution in [0.2, 0.25) is 0 Å². The predicted molar refractivity (Wildman–Crippen MR) is 63.2 cm³/mol. The van der Waals surface area contributed by atoms with Crippen LogP contribution >= 0.6 is 11.3 Å². The van der Waals surface area contributed by atoms with Crippen LogP contribution in [0.4, 0.5) is 5.69 Å². The minimum Gasteiger partial charge on any atom is -0.398 e. The first-order chi connectivity index (χ1) is 6.77. The maximum atomic E-state index is 8.92. The average Bonchev–Trinajstić information content (AvgIpc) is 2.54. The number of allylic oxidation sites excluding steroid dienone is 1. The summed E-state index contributed by atoms with van der Waals surface area (Å²) in [7, 11) is 0. The molecule has 0 saturated heterocycles. The van der Waals surface area contributed by atoms with E-state index in [-0.39, 0.29) is 6.61 Å². The maximum Gasteiger partial charge on any atom is 0.0775 e. The largest absolute Gasteiger partial charge is 0.398 e. The lowest BCUT2D eigenvalue weighted by molar-refractivity contribution is 0.285. The molecule has 0 aromatic carbocycles. The Balaban J connectivity index is 2.57. The summed E-state index contributed by atoms with van der Waals surface area (Å²) in [6.07, 6.45) is 7.73. The molecule has 0 aliphatic rings. The first-order valence-electron chi connectivity index (χ1n) is 4.93. The van der Waals surface area contributed by atoms with Crippen molar-refractivity contribution >= 4 is 23.1 Å². The van der Waals surface area contributed by atoms with Crippen LogP contribution in [-0.2, 0) is 6.61 Å². The molecular formula is C11H17NOS. The summed E-state index contributed by atoms with van der Waals surface area (Å²) in [5.74, 6) is 0. The summed E-state index contributed by atoms with van der Waals surface area (Å²) < 4.78 is 0. The quantitative estimate of drug-likeness (QED) is 0.735. The lowest BCUT2D eigenvalue weighted by Crippen LogP contribution is -1.81. The molecule has 0 unspecified atom stereocenters. The van der Waals surface area contributed by atoms with Crippen molar-refractivity contribution in [3.05, 3.63) is 21.9 Å². The summed E-state index contributed by atoms with van der Waals surface area (Å²) in [5.41, 5.74) is 6.55. The fraction of sp³-hybridized carbons (Fsp3) is 0.455. The van der Waals surface area contributed by atoms with Gasteiger partial charge in [0.15, 0.2) is 0 Å². The van der Waals surface area contributed by atoms with E-state index in [0.717, 1.165) is 21.9 Å². The van der Waals surface area contributed by atoms with Crippen LogP contribution in [0.3, 0.4) is 0 Å². The SMILES string of the molecule is CCCC/C=C/c1sc(CO)cc1N. The van der Waals surface area contributed by atoms with Crippen molar-refractivity contribution in [3.63, 3.8) is 0 Å². The van der Waals surface area contributed by atoms with Gasteiger partial charge in [-0.1, -0.05) is 25.8 Å². The number of aliphatic hydroxyl groups is 1. The molecule has 0 aliphatic carbocycles. The van der Waals surface area contributed by atoms with E-state index in [2.05, 4.69) is 19.1 Å². The molecule has 78 valence electrons. The zero-order valence-electron chi connectivity index (χ0n) is 8.49. The molecule has 0 bridgehead atoms. The lowest BCUT2D eigenvalue weighted by atomic mass is 10.2. The van der Waals surface area contributed by atoms with Gasteiger partial charge in [0.1, 0.15) is 0 Å². The molecule has 3 heteroatoms. The van der Waals surface area contributed by atoms with E-state index in [4.69, 9.17) is 10.8 Å².